The molecule has 0 radical (unpaired) electrons. The normalized spacial score (nSPS) is 16.2. The fourth-order valence-corrected chi connectivity index (χ4v) is 2.68. The predicted molar refractivity (Wildman–Crippen MR) is 70.2 cm³/mol. The number of hydrogen-bond donors (Lipinski definition) is 0. The number of carbonyl (C=O) groups excluding carboxylic acids is 1. The number of carbonyl (C=O) groups is 1. The standard InChI is InChI=1S/C14H9NOS/c16-13-11-8-4-5-9-12(11)17-14(13)15-10-6-2-1-3-7-10/h1-9H. The highest BCUT2D eigenvalue weighted by Crippen LogP contribution is 2.34. The van der Waals surface area contributed by atoms with Gasteiger partial charge in [0.15, 0.2) is 0 Å². The summed E-state index contributed by atoms with van der Waals surface area (Å²) in [5.74, 6) is 0.0226. The SMILES string of the molecule is O=C1C(=Nc2ccccc2)Sc2ccccc21. The molecule has 3 heteroatoms. The van der Waals surface area contributed by atoms with Crippen molar-refractivity contribution in [2.45, 2.75) is 4.90 Å². The summed E-state index contributed by atoms with van der Waals surface area (Å²) in [5.41, 5.74) is 1.57. The summed E-state index contributed by atoms with van der Waals surface area (Å²) in [6, 6.07) is 17.2. The smallest absolute Gasteiger partial charge is 0.219 e. The molecule has 1 aliphatic heterocycles. The number of fused-ring (bicyclic) bond motifs is 1. The van der Waals surface area contributed by atoms with Gasteiger partial charge in [0.2, 0.25) is 5.78 Å². The summed E-state index contributed by atoms with van der Waals surface area (Å²) in [5, 5.41) is 0.553. The fraction of sp³-hybridized carbons (Fsp3) is 0. The zero-order chi connectivity index (χ0) is 11.7. The van der Waals surface area contributed by atoms with E-state index in [4.69, 9.17) is 0 Å². The van der Waals surface area contributed by atoms with Crippen LogP contribution in [0.3, 0.4) is 0 Å². The summed E-state index contributed by atoms with van der Waals surface area (Å²) < 4.78 is 0. The molecule has 0 saturated carbocycles. The molecule has 0 saturated heterocycles. The predicted octanol–water partition coefficient (Wildman–Crippen LogP) is 3.71. The lowest BCUT2D eigenvalue weighted by Crippen LogP contribution is -2.02. The average Bonchev–Trinajstić information content (AvgIpc) is 2.68. The van der Waals surface area contributed by atoms with Crippen LogP contribution in [-0.2, 0) is 0 Å². The highest BCUT2D eigenvalue weighted by atomic mass is 32.2. The molecule has 0 N–H and O–H groups in total. The van der Waals surface area contributed by atoms with Crippen LogP contribution < -0.4 is 0 Å². The summed E-state index contributed by atoms with van der Waals surface area (Å²) in [7, 11) is 0. The number of para-hydroxylation sites is 1. The van der Waals surface area contributed by atoms with Gasteiger partial charge >= 0.3 is 0 Å². The number of nitrogens with zero attached hydrogens (tertiary/aromatic N) is 1. The molecule has 2 aromatic carbocycles. The van der Waals surface area contributed by atoms with Crippen molar-refractivity contribution in [2.75, 3.05) is 0 Å². The summed E-state index contributed by atoms with van der Waals surface area (Å²) in [4.78, 5) is 17.4. The molecule has 17 heavy (non-hydrogen) atoms. The molecule has 0 fully saturated rings. The second kappa shape index (κ2) is 4.18. The Morgan fingerprint density at radius 1 is 0.882 bits per heavy atom. The first kappa shape index (κ1) is 10.3. The van der Waals surface area contributed by atoms with Crippen LogP contribution in [0, 0.1) is 0 Å². The Labute approximate surface area is 103 Å². The fourth-order valence-electron chi connectivity index (χ4n) is 1.70. The molecule has 82 valence electrons. The van der Waals surface area contributed by atoms with E-state index in [2.05, 4.69) is 4.99 Å². The van der Waals surface area contributed by atoms with E-state index in [1.165, 1.54) is 11.8 Å². The molecule has 1 heterocycles. The topological polar surface area (TPSA) is 29.4 Å². The Balaban J connectivity index is 2.00. The van der Waals surface area contributed by atoms with Crippen LogP contribution in [0.2, 0.25) is 0 Å². The van der Waals surface area contributed by atoms with Crippen molar-refractivity contribution in [3.8, 4) is 0 Å². The van der Waals surface area contributed by atoms with E-state index in [1.54, 1.807) is 0 Å². The van der Waals surface area contributed by atoms with Gasteiger partial charge in [-0.05, 0) is 24.3 Å². The van der Waals surface area contributed by atoms with Gasteiger partial charge in [-0.3, -0.25) is 4.79 Å². The highest BCUT2D eigenvalue weighted by molar-refractivity contribution is 8.16. The molecule has 0 bridgehead atoms. The number of ketones is 1. The Morgan fingerprint density at radius 3 is 2.35 bits per heavy atom. The van der Waals surface area contributed by atoms with E-state index in [0.29, 0.717) is 5.04 Å². The average molecular weight is 239 g/mol. The van der Waals surface area contributed by atoms with Crippen LogP contribution >= 0.6 is 11.8 Å². The lowest BCUT2D eigenvalue weighted by Gasteiger charge is -1.94. The molecular weight excluding hydrogens is 230 g/mol. The first-order valence-electron chi connectivity index (χ1n) is 5.30. The van der Waals surface area contributed by atoms with Crippen molar-refractivity contribution in [1.29, 1.82) is 0 Å². The molecular formula is C14H9NOS. The molecule has 3 rings (SSSR count). The van der Waals surface area contributed by atoms with Crippen molar-refractivity contribution < 1.29 is 4.79 Å². The largest absolute Gasteiger partial charge is 0.286 e. The van der Waals surface area contributed by atoms with Crippen molar-refractivity contribution in [1.82, 2.24) is 0 Å². The summed E-state index contributed by atoms with van der Waals surface area (Å²) >= 11 is 1.44. The van der Waals surface area contributed by atoms with Crippen molar-refractivity contribution in [3.05, 3.63) is 60.2 Å². The molecule has 0 aromatic heterocycles. The Bertz CT molecular complexity index is 605. The quantitative estimate of drug-likeness (QED) is 0.759. The third-order valence-electron chi connectivity index (χ3n) is 2.52. The minimum absolute atomic E-state index is 0.0226. The summed E-state index contributed by atoms with van der Waals surface area (Å²) in [6.07, 6.45) is 0. The van der Waals surface area contributed by atoms with Gasteiger partial charge in [-0.1, -0.05) is 42.1 Å². The van der Waals surface area contributed by atoms with Gasteiger partial charge < -0.3 is 0 Å². The molecule has 2 nitrogen and oxygen atoms in total. The maximum Gasteiger partial charge on any atom is 0.219 e. The Hall–Kier alpha value is -1.87. The van der Waals surface area contributed by atoms with Crippen LogP contribution in [0.4, 0.5) is 5.69 Å². The van der Waals surface area contributed by atoms with Gasteiger partial charge in [0.1, 0.15) is 5.04 Å². The second-order valence-electron chi connectivity index (χ2n) is 3.68. The first-order chi connectivity index (χ1) is 8.34. The van der Waals surface area contributed by atoms with E-state index >= 15 is 0 Å². The lowest BCUT2D eigenvalue weighted by molar-refractivity contribution is 0.106. The molecule has 0 unspecified atom stereocenters. The number of thioether (sulfide) groups is 1. The van der Waals surface area contributed by atoms with E-state index in [9.17, 15) is 4.79 Å². The Kier molecular flexibility index (Phi) is 2.53. The Morgan fingerprint density at radius 2 is 1.59 bits per heavy atom. The minimum Gasteiger partial charge on any atom is -0.286 e. The van der Waals surface area contributed by atoms with E-state index in [1.807, 2.05) is 54.6 Å². The molecule has 0 atom stereocenters. The van der Waals surface area contributed by atoms with Crippen LogP contribution in [0.5, 0.6) is 0 Å². The first-order valence-corrected chi connectivity index (χ1v) is 6.11. The maximum atomic E-state index is 12.0. The molecule has 0 amide bonds. The minimum atomic E-state index is 0.0226. The van der Waals surface area contributed by atoms with Crippen LogP contribution in [0.25, 0.3) is 0 Å². The highest BCUT2D eigenvalue weighted by Gasteiger charge is 2.26. The third-order valence-corrected chi connectivity index (χ3v) is 3.57. The number of aliphatic imine (C=N–C) groups is 1. The van der Waals surface area contributed by atoms with Crippen LogP contribution in [0.1, 0.15) is 10.4 Å². The van der Waals surface area contributed by atoms with Gasteiger partial charge in [0.05, 0.1) is 5.69 Å². The van der Waals surface area contributed by atoms with Crippen molar-refractivity contribution >= 4 is 28.3 Å². The summed E-state index contributed by atoms with van der Waals surface area (Å²) in [6.45, 7) is 0. The van der Waals surface area contributed by atoms with Crippen LogP contribution in [0.15, 0.2) is 64.5 Å². The van der Waals surface area contributed by atoms with Gasteiger partial charge in [0.25, 0.3) is 0 Å². The second-order valence-corrected chi connectivity index (χ2v) is 4.71. The van der Waals surface area contributed by atoms with Gasteiger partial charge in [-0.2, -0.15) is 0 Å². The number of rotatable bonds is 1. The molecule has 2 aromatic rings. The molecule has 0 aliphatic carbocycles. The van der Waals surface area contributed by atoms with Gasteiger partial charge in [-0.15, -0.1) is 0 Å². The number of Topliss-reactive ketones (excluding diaryl/α,β-unsaturated/α-hetero) is 1. The van der Waals surface area contributed by atoms with Gasteiger partial charge in [-0.25, -0.2) is 4.99 Å². The third kappa shape index (κ3) is 1.89. The van der Waals surface area contributed by atoms with Crippen molar-refractivity contribution in [3.63, 3.8) is 0 Å². The van der Waals surface area contributed by atoms with E-state index in [0.717, 1.165) is 16.1 Å². The van der Waals surface area contributed by atoms with Crippen LogP contribution in [-0.4, -0.2) is 10.8 Å². The number of benzene rings is 2. The monoisotopic (exact) mass is 239 g/mol. The van der Waals surface area contributed by atoms with E-state index < -0.39 is 0 Å². The zero-order valence-corrected chi connectivity index (χ0v) is 9.78. The van der Waals surface area contributed by atoms with Crippen molar-refractivity contribution in [2.24, 2.45) is 4.99 Å². The maximum absolute atomic E-state index is 12.0. The lowest BCUT2D eigenvalue weighted by atomic mass is 10.1. The number of hydrogen-bond acceptors (Lipinski definition) is 3. The zero-order valence-electron chi connectivity index (χ0n) is 8.96. The van der Waals surface area contributed by atoms with Gasteiger partial charge in [0, 0.05) is 10.5 Å². The molecule has 0 spiro atoms. The molecule has 1 aliphatic rings. The van der Waals surface area contributed by atoms with E-state index in [-0.39, 0.29) is 5.78 Å².